The van der Waals surface area contributed by atoms with Crippen LogP contribution in [0.4, 0.5) is 11.4 Å². The molecule has 1 saturated heterocycles. The van der Waals surface area contributed by atoms with Gasteiger partial charge in [-0.05, 0) is 94.5 Å². The number of rotatable bonds is 8. The quantitative estimate of drug-likeness (QED) is 0.267. The van der Waals surface area contributed by atoms with Gasteiger partial charge in [-0.25, -0.2) is 4.99 Å². The summed E-state index contributed by atoms with van der Waals surface area (Å²) in [4.78, 5) is 29.8. The first kappa shape index (κ1) is 25.6. The molecule has 4 rings (SSSR count). The summed E-state index contributed by atoms with van der Waals surface area (Å²) >= 11 is 3.36. The van der Waals surface area contributed by atoms with E-state index in [2.05, 4.69) is 38.2 Å². The van der Waals surface area contributed by atoms with E-state index in [1.807, 2.05) is 36.4 Å². The van der Waals surface area contributed by atoms with Gasteiger partial charge in [0.1, 0.15) is 5.75 Å². The molecule has 1 aliphatic rings. The number of carbonyl (C=O) groups is 2. The first-order valence-electron chi connectivity index (χ1n) is 10.7. The van der Waals surface area contributed by atoms with Crippen LogP contribution in [0.5, 0.6) is 17.2 Å². The fourth-order valence-electron chi connectivity index (χ4n) is 3.23. The van der Waals surface area contributed by atoms with Crippen LogP contribution in [0.15, 0.2) is 76.6 Å². The fraction of sp³-hybridized carbons (Fsp3) is 0.115. The molecule has 0 aromatic heterocycles. The van der Waals surface area contributed by atoms with Crippen LogP contribution in [0.3, 0.4) is 0 Å². The van der Waals surface area contributed by atoms with Crippen LogP contribution in [-0.2, 0) is 9.59 Å². The van der Waals surface area contributed by atoms with Crippen LogP contribution in [0.1, 0.15) is 5.56 Å². The number of nitrogens with zero attached hydrogens (tertiary/aromatic N) is 1. The molecule has 1 heterocycles. The van der Waals surface area contributed by atoms with Crippen LogP contribution < -0.4 is 24.8 Å². The summed E-state index contributed by atoms with van der Waals surface area (Å²) in [6.07, 6.45) is 1.76. The van der Waals surface area contributed by atoms with Crippen molar-refractivity contribution in [1.29, 1.82) is 0 Å². The molecule has 0 radical (unpaired) electrons. The predicted octanol–water partition coefficient (Wildman–Crippen LogP) is 5.22. The van der Waals surface area contributed by atoms with Crippen molar-refractivity contribution in [3.63, 3.8) is 0 Å². The number of amidine groups is 1. The summed E-state index contributed by atoms with van der Waals surface area (Å²) in [7, 11) is 3.12. The first-order chi connectivity index (χ1) is 17.4. The third-order valence-corrected chi connectivity index (χ3v) is 6.62. The van der Waals surface area contributed by atoms with Crippen molar-refractivity contribution in [3.05, 3.63) is 80.8 Å². The van der Waals surface area contributed by atoms with Crippen LogP contribution >= 0.6 is 34.4 Å². The monoisotopic (exact) mass is 615 g/mol. The van der Waals surface area contributed by atoms with E-state index in [4.69, 9.17) is 14.2 Å². The van der Waals surface area contributed by atoms with Gasteiger partial charge in [-0.3, -0.25) is 9.59 Å². The van der Waals surface area contributed by atoms with E-state index in [-0.39, 0.29) is 18.4 Å². The highest BCUT2D eigenvalue weighted by atomic mass is 127. The molecular formula is C26H22IN3O5S. The third kappa shape index (κ3) is 6.58. The summed E-state index contributed by atoms with van der Waals surface area (Å²) in [6, 6.07) is 20.0. The Kier molecular flexibility index (Phi) is 8.49. The first-order valence-corrected chi connectivity index (χ1v) is 12.6. The molecule has 2 N–H and O–H groups in total. The minimum Gasteiger partial charge on any atom is -0.497 e. The van der Waals surface area contributed by atoms with Gasteiger partial charge in [0.05, 0.1) is 28.4 Å². The van der Waals surface area contributed by atoms with Crippen LogP contribution in [0.2, 0.25) is 0 Å². The minimum atomic E-state index is -0.284. The summed E-state index contributed by atoms with van der Waals surface area (Å²) in [5.74, 6) is 1.12. The number of amides is 2. The van der Waals surface area contributed by atoms with Gasteiger partial charge in [0.15, 0.2) is 23.3 Å². The maximum atomic E-state index is 12.5. The number of hydrogen-bond acceptors (Lipinski definition) is 7. The molecular weight excluding hydrogens is 593 g/mol. The number of hydrogen-bond donors (Lipinski definition) is 2. The van der Waals surface area contributed by atoms with Crippen molar-refractivity contribution in [2.24, 2.45) is 4.99 Å². The van der Waals surface area contributed by atoms with E-state index in [0.29, 0.717) is 32.9 Å². The molecule has 0 aliphatic carbocycles. The van der Waals surface area contributed by atoms with Crippen LogP contribution in [0.25, 0.3) is 6.08 Å². The summed E-state index contributed by atoms with van der Waals surface area (Å²) in [5, 5.41) is 6.05. The van der Waals surface area contributed by atoms with E-state index in [1.54, 1.807) is 43.5 Å². The highest BCUT2D eigenvalue weighted by molar-refractivity contribution is 14.1. The number of benzene rings is 3. The molecule has 0 saturated carbocycles. The van der Waals surface area contributed by atoms with Gasteiger partial charge in [0.2, 0.25) is 0 Å². The molecule has 3 aromatic rings. The molecule has 0 bridgehead atoms. The lowest BCUT2D eigenvalue weighted by Crippen LogP contribution is -2.20. The van der Waals surface area contributed by atoms with E-state index in [1.165, 1.54) is 18.9 Å². The Morgan fingerprint density at radius 2 is 1.83 bits per heavy atom. The Labute approximate surface area is 226 Å². The Hall–Kier alpha value is -3.51. The average molecular weight is 615 g/mol. The van der Waals surface area contributed by atoms with E-state index in [0.717, 1.165) is 14.9 Å². The third-order valence-electron chi connectivity index (χ3n) is 4.91. The highest BCUT2D eigenvalue weighted by Gasteiger charge is 2.24. The lowest BCUT2D eigenvalue weighted by Gasteiger charge is -2.14. The van der Waals surface area contributed by atoms with Crippen LogP contribution in [0, 0.1) is 3.57 Å². The van der Waals surface area contributed by atoms with Crippen molar-refractivity contribution >= 4 is 68.8 Å². The van der Waals surface area contributed by atoms with Crippen molar-refractivity contribution in [2.45, 2.75) is 0 Å². The Balaban J connectivity index is 1.46. The molecule has 8 nitrogen and oxygen atoms in total. The molecule has 36 heavy (non-hydrogen) atoms. The number of thioether (sulfide) groups is 1. The summed E-state index contributed by atoms with van der Waals surface area (Å²) in [5.41, 5.74) is 2.14. The van der Waals surface area contributed by atoms with Gasteiger partial charge in [0.25, 0.3) is 11.8 Å². The molecule has 2 amide bonds. The summed E-state index contributed by atoms with van der Waals surface area (Å²) in [6.45, 7) is -0.175. The Bertz CT molecular complexity index is 1330. The lowest BCUT2D eigenvalue weighted by molar-refractivity contribution is -0.118. The number of anilines is 1. The predicted molar refractivity (Wildman–Crippen MR) is 150 cm³/mol. The molecule has 3 aromatic carbocycles. The van der Waals surface area contributed by atoms with E-state index < -0.39 is 0 Å². The Morgan fingerprint density at radius 1 is 1.08 bits per heavy atom. The number of para-hydroxylation sites is 1. The molecule has 0 spiro atoms. The average Bonchev–Trinajstić information content (AvgIpc) is 3.22. The van der Waals surface area contributed by atoms with E-state index in [9.17, 15) is 9.59 Å². The minimum absolute atomic E-state index is 0.175. The standard InChI is InChI=1S/C26H22IN3O5S/c1-33-19-10-8-18(9-11-19)29-26-30-25(32)22(36-26)14-16-12-20(27)24(21(13-16)34-2)35-15-23(31)28-17-6-4-3-5-7-17/h3-14H,15H2,1-2H3,(H,28,31)(H,29,30,32)/b22-14+. The second-order valence-corrected chi connectivity index (χ2v) is 9.61. The zero-order valence-corrected chi connectivity index (χ0v) is 22.4. The zero-order valence-electron chi connectivity index (χ0n) is 19.4. The molecule has 0 atom stereocenters. The van der Waals surface area contributed by atoms with Gasteiger partial charge in [-0.1, -0.05) is 18.2 Å². The normalized spacial score (nSPS) is 15.0. The molecule has 184 valence electrons. The van der Waals surface area contributed by atoms with Gasteiger partial charge < -0.3 is 24.8 Å². The summed E-state index contributed by atoms with van der Waals surface area (Å²) < 4.78 is 17.1. The van der Waals surface area contributed by atoms with Crippen LogP contribution in [-0.4, -0.2) is 37.8 Å². The number of ether oxygens (including phenoxy) is 3. The zero-order chi connectivity index (χ0) is 25.5. The number of nitrogens with one attached hydrogen (secondary N) is 2. The van der Waals surface area contributed by atoms with E-state index >= 15 is 0 Å². The number of carbonyl (C=O) groups excluding carboxylic acids is 2. The van der Waals surface area contributed by atoms with Crippen molar-refractivity contribution in [1.82, 2.24) is 5.32 Å². The molecule has 10 heteroatoms. The Morgan fingerprint density at radius 3 is 2.53 bits per heavy atom. The van der Waals surface area contributed by atoms with Gasteiger partial charge in [-0.2, -0.15) is 0 Å². The van der Waals surface area contributed by atoms with Crippen molar-refractivity contribution in [3.8, 4) is 17.2 Å². The maximum absolute atomic E-state index is 12.5. The van der Waals surface area contributed by atoms with Gasteiger partial charge >= 0.3 is 0 Å². The number of methoxy groups -OCH3 is 2. The maximum Gasteiger partial charge on any atom is 0.264 e. The van der Waals surface area contributed by atoms with Crippen molar-refractivity contribution in [2.75, 3.05) is 26.1 Å². The SMILES string of the molecule is COc1ccc(N=C2NC(=O)/C(=C\c3cc(I)c(OCC(=O)Nc4ccccc4)c(OC)c3)S2)cc1. The van der Waals surface area contributed by atoms with Gasteiger partial charge in [0, 0.05) is 5.69 Å². The molecule has 0 unspecified atom stereocenters. The highest BCUT2D eigenvalue weighted by Crippen LogP contribution is 2.36. The molecule has 1 fully saturated rings. The van der Waals surface area contributed by atoms with Crippen molar-refractivity contribution < 1.29 is 23.8 Å². The largest absolute Gasteiger partial charge is 0.497 e. The second kappa shape index (κ2) is 12.0. The number of aliphatic imine (C=N–C) groups is 1. The number of halogens is 1. The smallest absolute Gasteiger partial charge is 0.264 e. The lowest BCUT2D eigenvalue weighted by atomic mass is 10.2. The molecule has 1 aliphatic heterocycles. The second-order valence-electron chi connectivity index (χ2n) is 7.42. The topological polar surface area (TPSA) is 98.3 Å². The van der Waals surface area contributed by atoms with Gasteiger partial charge in [-0.15, -0.1) is 0 Å². The fourth-order valence-corrected chi connectivity index (χ4v) is 4.85.